The summed E-state index contributed by atoms with van der Waals surface area (Å²) in [5, 5.41) is 5.76. The summed E-state index contributed by atoms with van der Waals surface area (Å²) in [6.07, 6.45) is 5.06. The van der Waals surface area contributed by atoms with Crippen LogP contribution < -0.4 is 0 Å². The maximum Gasteiger partial charge on any atom is 0.263 e. The van der Waals surface area contributed by atoms with E-state index in [1.807, 2.05) is 22.4 Å². The molecule has 0 saturated carbocycles. The number of carbonyl (C=O) groups excluding carboxylic acids is 1. The zero-order chi connectivity index (χ0) is 11.9. The summed E-state index contributed by atoms with van der Waals surface area (Å²) in [6, 6.07) is 3.90. The molecule has 1 aromatic rings. The molecule has 17 heavy (non-hydrogen) atoms. The number of hydrogen-bond acceptors (Lipinski definition) is 4. The number of nitrogens with zero attached hydrogens (tertiary/aromatic N) is 2. The number of hydrogen-bond donors (Lipinski definition) is 0. The van der Waals surface area contributed by atoms with Gasteiger partial charge in [-0.05, 0) is 30.7 Å². The molecule has 1 amide bonds. The van der Waals surface area contributed by atoms with Crippen molar-refractivity contribution in [2.24, 2.45) is 5.16 Å². The average molecular weight is 252 g/mol. The van der Waals surface area contributed by atoms with Gasteiger partial charge in [0.1, 0.15) is 0 Å². The van der Waals surface area contributed by atoms with Gasteiger partial charge in [-0.1, -0.05) is 11.2 Å². The molecule has 1 aliphatic rings. The third-order valence-electron chi connectivity index (χ3n) is 2.69. The molecule has 1 saturated heterocycles. The molecule has 0 aromatic carbocycles. The van der Waals surface area contributed by atoms with Gasteiger partial charge in [-0.3, -0.25) is 4.79 Å². The minimum Gasteiger partial charge on any atom is -0.386 e. The number of carbonyl (C=O) groups is 1. The summed E-state index contributed by atoms with van der Waals surface area (Å²) in [6.45, 7) is 1.76. The van der Waals surface area contributed by atoms with Crippen LogP contribution in [0.3, 0.4) is 0 Å². The fourth-order valence-electron chi connectivity index (χ4n) is 1.78. The summed E-state index contributed by atoms with van der Waals surface area (Å²) < 4.78 is 0. The second-order valence-electron chi connectivity index (χ2n) is 3.96. The number of oxime groups is 1. The van der Waals surface area contributed by atoms with Crippen molar-refractivity contribution >= 4 is 23.5 Å². The number of likely N-dealkylation sites (tertiary alicyclic amines) is 1. The molecule has 5 heteroatoms. The lowest BCUT2D eigenvalue weighted by Gasteiger charge is -2.25. The van der Waals surface area contributed by atoms with Crippen molar-refractivity contribution in [2.45, 2.75) is 19.3 Å². The summed E-state index contributed by atoms with van der Waals surface area (Å²) >= 11 is 1.59. The highest BCUT2D eigenvalue weighted by Gasteiger charge is 2.16. The van der Waals surface area contributed by atoms with E-state index >= 15 is 0 Å². The third kappa shape index (κ3) is 3.85. The largest absolute Gasteiger partial charge is 0.386 e. The molecule has 2 rings (SSSR count). The number of piperidine rings is 1. The van der Waals surface area contributed by atoms with Crippen molar-refractivity contribution in [3.05, 3.63) is 22.4 Å². The molecule has 0 N–H and O–H groups in total. The molecular weight excluding hydrogens is 236 g/mol. The molecular formula is C12H16N2O2S. The van der Waals surface area contributed by atoms with Crippen molar-refractivity contribution < 1.29 is 9.63 Å². The Labute approximate surface area is 105 Å². The van der Waals surface area contributed by atoms with E-state index in [9.17, 15) is 4.79 Å². The summed E-state index contributed by atoms with van der Waals surface area (Å²) in [7, 11) is 0. The summed E-state index contributed by atoms with van der Waals surface area (Å²) in [5.74, 6) is 0.0352. The lowest BCUT2D eigenvalue weighted by Crippen LogP contribution is -2.37. The minimum atomic E-state index is 0.0352. The smallest absolute Gasteiger partial charge is 0.263 e. The van der Waals surface area contributed by atoms with E-state index in [1.54, 1.807) is 17.6 Å². The number of thiophene rings is 1. The molecule has 1 aromatic heterocycles. The van der Waals surface area contributed by atoms with Crippen LogP contribution in [0.15, 0.2) is 22.7 Å². The van der Waals surface area contributed by atoms with Gasteiger partial charge in [0.25, 0.3) is 5.91 Å². The van der Waals surface area contributed by atoms with Crippen molar-refractivity contribution in [1.29, 1.82) is 0 Å². The molecule has 0 spiro atoms. The van der Waals surface area contributed by atoms with Gasteiger partial charge in [-0.15, -0.1) is 11.3 Å². The first-order valence-corrected chi connectivity index (χ1v) is 6.71. The van der Waals surface area contributed by atoms with Crippen LogP contribution >= 0.6 is 11.3 Å². The van der Waals surface area contributed by atoms with Crippen molar-refractivity contribution in [3.63, 3.8) is 0 Å². The highest BCUT2D eigenvalue weighted by molar-refractivity contribution is 7.11. The van der Waals surface area contributed by atoms with Crippen LogP contribution in [-0.2, 0) is 9.63 Å². The standard InChI is InChI=1S/C12H16N2O2S/c15-12(14-6-2-1-3-7-14)10-16-13-9-11-5-4-8-17-11/h4-5,8-9H,1-3,6-7,10H2/b13-9+. The van der Waals surface area contributed by atoms with Crippen molar-refractivity contribution in [2.75, 3.05) is 19.7 Å². The third-order valence-corrected chi connectivity index (χ3v) is 3.50. The summed E-state index contributed by atoms with van der Waals surface area (Å²) in [4.78, 5) is 19.6. The lowest BCUT2D eigenvalue weighted by molar-refractivity contribution is -0.136. The van der Waals surface area contributed by atoms with E-state index in [0.717, 1.165) is 30.8 Å². The van der Waals surface area contributed by atoms with E-state index < -0.39 is 0 Å². The van der Waals surface area contributed by atoms with Crippen LogP contribution in [0.1, 0.15) is 24.1 Å². The van der Waals surface area contributed by atoms with Crippen molar-refractivity contribution in [3.8, 4) is 0 Å². The predicted molar refractivity (Wildman–Crippen MR) is 68.3 cm³/mol. The molecule has 0 aliphatic carbocycles. The van der Waals surface area contributed by atoms with Gasteiger partial charge in [-0.2, -0.15) is 0 Å². The molecule has 1 fully saturated rings. The molecule has 4 nitrogen and oxygen atoms in total. The van der Waals surface area contributed by atoms with Gasteiger partial charge in [0, 0.05) is 18.0 Å². The van der Waals surface area contributed by atoms with Crippen molar-refractivity contribution in [1.82, 2.24) is 4.90 Å². The van der Waals surface area contributed by atoms with Crippen LogP contribution in [0.5, 0.6) is 0 Å². The van der Waals surface area contributed by atoms with E-state index in [2.05, 4.69) is 5.16 Å². The topological polar surface area (TPSA) is 41.9 Å². The van der Waals surface area contributed by atoms with Gasteiger partial charge in [-0.25, -0.2) is 0 Å². The predicted octanol–water partition coefficient (Wildman–Crippen LogP) is 2.11. The Morgan fingerprint density at radius 1 is 1.47 bits per heavy atom. The Morgan fingerprint density at radius 3 is 3.00 bits per heavy atom. The van der Waals surface area contributed by atoms with Crippen LogP contribution in [0, 0.1) is 0 Å². The molecule has 0 bridgehead atoms. The Balaban J connectivity index is 1.69. The van der Waals surface area contributed by atoms with E-state index in [0.29, 0.717) is 0 Å². The zero-order valence-electron chi connectivity index (χ0n) is 9.67. The number of rotatable bonds is 4. The van der Waals surface area contributed by atoms with Gasteiger partial charge in [0.15, 0.2) is 6.61 Å². The molecule has 0 radical (unpaired) electrons. The highest BCUT2D eigenvalue weighted by atomic mass is 32.1. The maximum absolute atomic E-state index is 11.7. The monoisotopic (exact) mass is 252 g/mol. The first kappa shape index (κ1) is 12.1. The van der Waals surface area contributed by atoms with Crippen LogP contribution in [-0.4, -0.2) is 36.7 Å². The second kappa shape index (κ2) is 6.39. The van der Waals surface area contributed by atoms with Gasteiger partial charge >= 0.3 is 0 Å². The first-order chi connectivity index (χ1) is 8.36. The molecule has 1 aliphatic heterocycles. The Hall–Kier alpha value is -1.36. The summed E-state index contributed by atoms with van der Waals surface area (Å²) in [5.41, 5.74) is 0. The second-order valence-corrected chi connectivity index (χ2v) is 4.94. The van der Waals surface area contributed by atoms with Crippen LogP contribution in [0.25, 0.3) is 0 Å². The van der Waals surface area contributed by atoms with Gasteiger partial charge < -0.3 is 9.74 Å². The number of amides is 1. The Kier molecular flexibility index (Phi) is 4.55. The highest BCUT2D eigenvalue weighted by Crippen LogP contribution is 2.09. The molecule has 92 valence electrons. The average Bonchev–Trinajstić information content (AvgIpc) is 2.88. The van der Waals surface area contributed by atoms with Gasteiger partial charge in [0.05, 0.1) is 6.21 Å². The Bertz CT molecular complexity index is 370. The molecule has 0 atom stereocenters. The Morgan fingerprint density at radius 2 is 2.29 bits per heavy atom. The fraction of sp³-hybridized carbons (Fsp3) is 0.500. The lowest BCUT2D eigenvalue weighted by atomic mass is 10.1. The minimum absolute atomic E-state index is 0.0352. The molecule has 2 heterocycles. The van der Waals surface area contributed by atoms with Crippen LogP contribution in [0.4, 0.5) is 0 Å². The molecule has 0 unspecified atom stereocenters. The normalized spacial score (nSPS) is 16.4. The maximum atomic E-state index is 11.7. The van der Waals surface area contributed by atoms with E-state index in [4.69, 9.17) is 4.84 Å². The van der Waals surface area contributed by atoms with Crippen LogP contribution in [0.2, 0.25) is 0 Å². The SMILES string of the molecule is O=C(CO/N=C/c1cccs1)N1CCCCC1. The zero-order valence-corrected chi connectivity index (χ0v) is 10.5. The first-order valence-electron chi connectivity index (χ1n) is 5.83. The van der Waals surface area contributed by atoms with E-state index in [1.165, 1.54) is 6.42 Å². The quantitative estimate of drug-likeness (QED) is 0.608. The van der Waals surface area contributed by atoms with E-state index in [-0.39, 0.29) is 12.5 Å². The van der Waals surface area contributed by atoms with Gasteiger partial charge in [0.2, 0.25) is 0 Å². The fourth-order valence-corrected chi connectivity index (χ4v) is 2.36.